The maximum atomic E-state index is 12.2. The molecule has 8 heteroatoms. The van der Waals surface area contributed by atoms with Gasteiger partial charge in [-0.15, -0.1) is 0 Å². The van der Waals surface area contributed by atoms with Crippen LogP contribution in [0.5, 0.6) is 5.75 Å². The van der Waals surface area contributed by atoms with E-state index in [1.807, 2.05) is 5.32 Å². The Morgan fingerprint density at radius 2 is 1.84 bits per heavy atom. The van der Waals surface area contributed by atoms with Crippen molar-refractivity contribution < 1.29 is 23.9 Å². The maximum absolute atomic E-state index is 12.2. The van der Waals surface area contributed by atoms with Crippen LogP contribution in [0.25, 0.3) is 6.08 Å². The Morgan fingerprint density at radius 3 is 2.28 bits per heavy atom. The molecule has 3 N–H and O–H groups in total. The van der Waals surface area contributed by atoms with E-state index < -0.39 is 29.9 Å². The molecule has 0 spiro atoms. The van der Waals surface area contributed by atoms with Crippen molar-refractivity contribution in [2.45, 2.75) is 20.0 Å². The molecule has 0 fully saturated rings. The maximum Gasteiger partial charge on any atom is 0.349 e. The van der Waals surface area contributed by atoms with E-state index in [0.717, 1.165) is 0 Å². The molecule has 3 amide bonds. The van der Waals surface area contributed by atoms with Gasteiger partial charge < -0.3 is 15.2 Å². The lowest BCUT2D eigenvalue weighted by atomic mass is 10.1. The number of nitrogens with one attached hydrogen (secondary N) is 1. The van der Waals surface area contributed by atoms with Gasteiger partial charge >= 0.3 is 12.0 Å². The summed E-state index contributed by atoms with van der Waals surface area (Å²) in [5, 5.41) is 11.0. The lowest BCUT2D eigenvalue weighted by Gasteiger charge is -2.19. The lowest BCUT2D eigenvalue weighted by molar-refractivity contribution is -0.154. The summed E-state index contributed by atoms with van der Waals surface area (Å²) in [7, 11) is 1.52. The summed E-state index contributed by atoms with van der Waals surface area (Å²) in [5.74, 6) is -1.63. The van der Waals surface area contributed by atoms with Gasteiger partial charge in [-0.1, -0.05) is 26.0 Å². The number of nitrogens with two attached hydrogens (primary N) is 1. The molecule has 0 aliphatic rings. The number of primary amides is 1. The van der Waals surface area contributed by atoms with Crippen LogP contribution in [0.1, 0.15) is 19.4 Å². The van der Waals surface area contributed by atoms with Crippen LogP contribution in [-0.4, -0.2) is 31.1 Å². The quantitative estimate of drug-likeness (QED) is 0.454. The Bertz CT molecular complexity index is 717. The van der Waals surface area contributed by atoms with Crippen LogP contribution >= 0.6 is 0 Å². The zero-order valence-electron chi connectivity index (χ0n) is 14.1. The first kappa shape index (κ1) is 19.7. The summed E-state index contributed by atoms with van der Waals surface area (Å²) in [6.45, 7) is 3.25. The number of nitriles is 1. The van der Waals surface area contributed by atoms with Gasteiger partial charge in [0.25, 0.3) is 5.91 Å². The number of amides is 3. The number of rotatable bonds is 6. The van der Waals surface area contributed by atoms with Crippen molar-refractivity contribution in [3.63, 3.8) is 0 Å². The topological polar surface area (TPSA) is 132 Å². The second-order valence-corrected chi connectivity index (χ2v) is 5.37. The standard InChI is InChI=1S/C17H19N3O5/c1-10(2)14(15(21)20-17(19)23)25-16(22)12(9-18)8-11-4-6-13(24-3)7-5-11/h4-8,10,14H,1-3H3,(H3,19,20,21,23)/b12-8+/t14-/m0/s1. The number of esters is 1. The first-order valence-corrected chi connectivity index (χ1v) is 7.35. The van der Waals surface area contributed by atoms with Crippen LogP contribution in [0.15, 0.2) is 29.8 Å². The molecule has 0 aromatic heterocycles. The van der Waals surface area contributed by atoms with Crippen LogP contribution in [0.4, 0.5) is 4.79 Å². The summed E-state index contributed by atoms with van der Waals surface area (Å²) in [5.41, 5.74) is 5.18. The van der Waals surface area contributed by atoms with Gasteiger partial charge in [0.1, 0.15) is 17.4 Å². The summed E-state index contributed by atoms with van der Waals surface area (Å²) in [4.78, 5) is 34.8. The zero-order chi connectivity index (χ0) is 19.0. The number of carbonyl (C=O) groups is 3. The van der Waals surface area contributed by atoms with Crippen molar-refractivity contribution in [1.29, 1.82) is 5.26 Å². The van der Waals surface area contributed by atoms with Gasteiger partial charge in [-0.25, -0.2) is 9.59 Å². The minimum absolute atomic E-state index is 0.289. The molecule has 0 bridgehead atoms. The normalized spacial score (nSPS) is 12.0. The van der Waals surface area contributed by atoms with E-state index in [2.05, 4.69) is 0 Å². The molecule has 0 heterocycles. The summed E-state index contributed by atoms with van der Waals surface area (Å²) in [6, 6.07) is 7.33. The Kier molecular flexibility index (Phi) is 7.16. The number of imide groups is 1. The second kappa shape index (κ2) is 9.08. The lowest BCUT2D eigenvalue weighted by Crippen LogP contribution is -2.45. The predicted octanol–water partition coefficient (Wildman–Crippen LogP) is 1.36. The number of ether oxygens (including phenoxy) is 2. The first-order valence-electron chi connectivity index (χ1n) is 7.35. The van der Waals surface area contributed by atoms with E-state index in [4.69, 9.17) is 15.2 Å². The molecule has 0 aliphatic heterocycles. The van der Waals surface area contributed by atoms with E-state index in [1.54, 1.807) is 44.2 Å². The van der Waals surface area contributed by atoms with E-state index in [-0.39, 0.29) is 5.57 Å². The summed E-state index contributed by atoms with van der Waals surface area (Å²) in [6.07, 6.45) is 0.0677. The van der Waals surface area contributed by atoms with E-state index >= 15 is 0 Å². The first-order chi connectivity index (χ1) is 11.8. The predicted molar refractivity (Wildman–Crippen MR) is 89.0 cm³/mol. The van der Waals surface area contributed by atoms with Crippen molar-refractivity contribution in [1.82, 2.24) is 5.32 Å². The fourth-order valence-corrected chi connectivity index (χ4v) is 1.87. The Balaban J connectivity index is 2.95. The summed E-state index contributed by atoms with van der Waals surface area (Å²) < 4.78 is 10.1. The van der Waals surface area contributed by atoms with Gasteiger partial charge in [0.15, 0.2) is 6.10 Å². The van der Waals surface area contributed by atoms with Gasteiger partial charge in [0, 0.05) is 0 Å². The van der Waals surface area contributed by atoms with Crippen LogP contribution < -0.4 is 15.8 Å². The molecule has 1 atom stereocenters. The molecule has 0 aliphatic carbocycles. The van der Waals surface area contributed by atoms with Gasteiger partial charge in [-0.3, -0.25) is 10.1 Å². The van der Waals surface area contributed by atoms with Gasteiger partial charge in [-0.05, 0) is 29.7 Å². The van der Waals surface area contributed by atoms with Crippen molar-refractivity contribution in [3.8, 4) is 11.8 Å². The van der Waals surface area contributed by atoms with Crippen LogP contribution in [0.3, 0.4) is 0 Å². The summed E-state index contributed by atoms with van der Waals surface area (Å²) >= 11 is 0. The van der Waals surface area contributed by atoms with Gasteiger partial charge in [0.05, 0.1) is 7.11 Å². The third kappa shape index (κ3) is 5.99. The Labute approximate surface area is 145 Å². The number of methoxy groups -OCH3 is 1. The van der Waals surface area contributed by atoms with E-state index in [1.165, 1.54) is 13.2 Å². The van der Waals surface area contributed by atoms with Crippen LogP contribution in [0, 0.1) is 17.2 Å². The van der Waals surface area contributed by atoms with Crippen molar-refractivity contribution in [2.75, 3.05) is 7.11 Å². The molecular weight excluding hydrogens is 326 g/mol. The minimum Gasteiger partial charge on any atom is -0.497 e. The molecule has 1 rings (SSSR count). The average molecular weight is 345 g/mol. The molecule has 25 heavy (non-hydrogen) atoms. The van der Waals surface area contributed by atoms with E-state index in [0.29, 0.717) is 11.3 Å². The molecule has 1 aromatic carbocycles. The van der Waals surface area contributed by atoms with Crippen LogP contribution in [0.2, 0.25) is 0 Å². The number of benzene rings is 1. The SMILES string of the molecule is COc1ccc(/C=C(\C#N)C(=O)O[C@H](C(=O)NC(N)=O)C(C)C)cc1. The molecule has 8 nitrogen and oxygen atoms in total. The number of hydrogen-bond acceptors (Lipinski definition) is 6. The van der Waals surface area contributed by atoms with E-state index in [9.17, 15) is 19.6 Å². The van der Waals surface area contributed by atoms with Crippen molar-refractivity contribution in [2.24, 2.45) is 11.7 Å². The highest BCUT2D eigenvalue weighted by Crippen LogP contribution is 2.16. The molecule has 0 saturated heterocycles. The van der Waals surface area contributed by atoms with Gasteiger partial charge in [0.2, 0.25) is 0 Å². The average Bonchev–Trinajstić information content (AvgIpc) is 2.56. The minimum atomic E-state index is -1.26. The highest BCUT2D eigenvalue weighted by molar-refractivity contribution is 6.01. The third-order valence-corrected chi connectivity index (χ3v) is 3.11. The smallest absolute Gasteiger partial charge is 0.349 e. The highest BCUT2D eigenvalue weighted by atomic mass is 16.5. The molecule has 0 radical (unpaired) electrons. The molecule has 0 unspecified atom stereocenters. The molecular formula is C17H19N3O5. The molecule has 1 aromatic rings. The zero-order valence-corrected chi connectivity index (χ0v) is 14.1. The van der Waals surface area contributed by atoms with Crippen LogP contribution in [-0.2, 0) is 14.3 Å². The third-order valence-electron chi connectivity index (χ3n) is 3.11. The number of nitrogens with zero attached hydrogens (tertiary/aromatic N) is 1. The fraction of sp³-hybridized carbons (Fsp3) is 0.294. The Morgan fingerprint density at radius 1 is 1.24 bits per heavy atom. The number of hydrogen-bond donors (Lipinski definition) is 2. The number of carbonyl (C=O) groups excluding carboxylic acids is 3. The van der Waals surface area contributed by atoms with Gasteiger partial charge in [-0.2, -0.15) is 5.26 Å². The monoisotopic (exact) mass is 345 g/mol. The van der Waals surface area contributed by atoms with Crippen molar-refractivity contribution >= 4 is 24.0 Å². The fourth-order valence-electron chi connectivity index (χ4n) is 1.87. The second-order valence-electron chi connectivity index (χ2n) is 5.37. The van der Waals surface area contributed by atoms with Crippen molar-refractivity contribution in [3.05, 3.63) is 35.4 Å². The largest absolute Gasteiger partial charge is 0.497 e. The Hall–Kier alpha value is -3.34. The highest BCUT2D eigenvalue weighted by Gasteiger charge is 2.28. The number of urea groups is 1. The molecule has 132 valence electrons. The molecule has 0 saturated carbocycles.